The Bertz CT molecular complexity index is 3780. The minimum Gasteiger partial charge on any atom is -0.459 e. The van der Waals surface area contributed by atoms with Crippen LogP contribution in [0.4, 0.5) is 0 Å². The van der Waals surface area contributed by atoms with Crippen molar-refractivity contribution in [2.75, 3.05) is 0 Å². The SMILES string of the molecule is C.C.C.C.C.C.C.C.CCC(C)(C)C(=O)OC1(C(C)C)CC2CC1C1C3CCC(C3)C21.CCC(C)(C)C(=O)OC1(C(C)C)CCC2CCCCC2C1.CCC(C)(C)C(=O)OC1(C)CC2CC1C1C3CCC(C3)C21.CCC(C)(C)C(=O)OC1(C)CC2CC1C1CCCC21.CCC(C)(C)C(=O)OC1(C)CCCC2CCCCC21.CCC(C)(C)C(=O)OC1(CC)CC2CC1C1C3CCC(C3)C21. The molecule has 133 heavy (non-hydrogen) atoms. The third-order valence-corrected chi connectivity index (χ3v) is 43.2. The molecule has 12 heteroatoms. The van der Waals surface area contributed by atoms with Crippen molar-refractivity contribution in [1.82, 2.24) is 0 Å². The van der Waals surface area contributed by atoms with Crippen molar-refractivity contribution in [2.45, 2.75) is 536 Å². The van der Waals surface area contributed by atoms with Crippen LogP contribution in [0.3, 0.4) is 0 Å². The van der Waals surface area contributed by atoms with Gasteiger partial charge in [-0.1, -0.05) is 187 Å². The molecule has 19 fully saturated rings. The van der Waals surface area contributed by atoms with Gasteiger partial charge in [0.05, 0.1) is 32.5 Å². The normalized spacial score (nSPS) is 41.0. The van der Waals surface area contributed by atoms with Crippen LogP contribution in [-0.4, -0.2) is 69.4 Å². The fourth-order valence-electron chi connectivity index (χ4n) is 33.2. The average molecular weight is 1870 g/mol. The molecule has 0 aromatic rings. The van der Waals surface area contributed by atoms with Gasteiger partial charge in [-0.05, 0) is 452 Å². The molecule has 0 amide bonds. The molecule has 19 saturated carbocycles. The predicted octanol–water partition coefficient (Wildman–Crippen LogP) is 33.6. The van der Waals surface area contributed by atoms with Crippen LogP contribution < -0.4 is 0 Å². The van der Waals surface area contributed by atoms with Gasteiger partial charge in [0.25, 0.3) is 0 Å². The Kier molecular flexibility index (Phi) is 39.5. The molecule has 14 bridgehead atoms. The monoisotopic (exact) mass is 1870 g/mol. The van der Waals surface area contributed by atoms with Crippen LogP contribution in [-0.2, 0) is 57.2 Å². The van der Waals surface area contributed by atoms with Crippen LogP contribution in [0.25, 0.3) is 0 Å². The molecule has 0 aromatic carbocycles. The van der Waals surface area contributed by atoms with E-state index in [1.165, 1.54) is 173 Å². The lowest BCUT2D eigenvalue weighted by atomic mass is 9.63. The number of ether oxygens (including phenoxy) is 6. The molecular weight excluding hydrogens is 1650 g/mol. The predicted molar refractivity (Wildman–Crippen MR) is 556 cm³/mol. The summed E-state index contributed by atoms with van der Waals surface area (Å²) in [6, 6.07) is 0. The smallest absolute Gasteiger partial charge is 0.312 e. The van der Waals surface area contributed by atoms with Crippen LogP contribution in [0.5, 0.6) is 0 Å². The highest BCUT2D eigenvalue weighted by atomic mass is 16.6. The summed E-state index contributed by atoms with van der Waals surface area (Å²) in [6.07, 6.45) is 51.2. The van der Waals surface area contributed by atoms with Crippen LogP contribution in [0, 0.1) is 198 Å². The summed E-state index contributed by atoms with van der Waals surface area (Å²) in [7, 11) is 0. The molecule has 0 aliphatic heterocycles. The van der Waals surface area contributed by atoms with Gasteiger partial charge in [-0.3, -0.25) is 28.8 Å². The Morgan fingerprint density at radius 3 is 1.07 bits per heavy atom. The summed E-state index contributed by atoms with van der Waals surface area (Å²) in [5, 5.41) is 0. The molecule has 19 aliphatic carbocycles. The largest absolute Gasteiger partial charge is 0.459 e. The van der Waals surface area contributed by atoms with Crippen LogP contribution in [0.1, 0.15) is 503 Å². The average Bonchev–Trinajstić information content (AvgIpc) is 2.35. The number of hydrogen-bond donors (Lipinski definition) is 0. The fourth-order valence-corrected chi connectivity index (χ4v) is 33.2. The Labute approximate surface area is 822 Å². The third-order valence-electron chi connectivity index (χ3n) is 43.2. The Hall–Kier alpha value is -3.18. The van der Waals surface area contributed by atoms with E-state index in [4.69, 9.17) is 28.4 Å². The van der Waals surface area contributed by atoms with Gasteiger partial charge in [-0.25, -0.2) is 0 Å². The van der Waals surface area contributed by atoms with Gasteiger partial charge in [-0.2, -0.15) is 0 Å². The van der Waals surface area contributed by atoms with Crippen molar-refractivity contribution in [3.8, 4) is 0 Å². The van der Waals surface area contributed by atoms with Crippen molar-refractivity contribution >= 4 is 35.8 Å². The molecule has 0 spiro atoms. The number of carbonyl (C=O) groups is 6. The molecule has 32 unspecified atom stereocenters. The van der Waals surface area contributed by atoms with Gasteiger partial charge < -0.3 is 28.4 Å². The summed E-state index contributed by atoms with van der Waals surface area (Å²) in [5.41, 5.74) is -3.08. The Morgan fingerprint density at radius 2 is 0.609 bits per heavy atom. The number of rotatable bonds is 21. The van der Waals surface area contributed by atoms with E-state index in [9.17, 15) is 28.8 Å². The summed E-state index contributed by atoms with van der Waals surface area (Å²) < 4.78 is 37.2. The van der Waals surface area contributed by atoms with Crippen molar-refractivity contribution < 1.29 is 57.2 Å². The van der Waals surface area contributed by atoms with Crippen LogP contribution in [0.2, 0.25) is 0 Å². The van der Waals surface area contributed by atoms with Gasteiger partial charge >= 0.3 is 35.8 Å². The first-order valence-corrected chi connectivity index (χ1v) is 54.0. The van der Waals surface area contributed by atoms with E-state index in [0.717, 1.165) is 214 Å². The van der Waals surface area contributed by atoms with Crippen LogP contribution >= 0.6 is 0 Å². The van der Waals surface area contributed by atoms with E-state index in [2.05, 4.69) is 96.9 Å². The van der Waals surface area contributed by atoms with Crippen molar-refractivity contribution in [1.29, 1.82) is 0 Å². The van der Waals surface area contributed by atoms with Gasteiger partial charge in [0.15, 0.2) is 0 Å². The van der Waals surface area contributed by atoms with Gasteiger partial charge in [-0.15, -0.1) is 0 Å². The van der Waals surface area contributed by atoms with Crippen molar-refractivity contribution in [3.05, 3.63) is 0 Å². The molecule has 0 heterocycles. The van der Waals surface area contributed by atoms with E-state index >= 15 is 0 Å². The second-order valence-corrected chi connectivity index (χ2v) is 52.5. The summed E-state index contributed by atoms with van der Waals surface area (Å²) in [5.74, 6) is 23.3. The molecule has 0 saturated heterocycles. The first-order valence-electron chi connectivity index (χ1n) is 54.0. The lowest BCUT2D eigenvalue weighted by Crippen LogP contribution is -2.52. The second-order valence-electron chi connectivity index (χ2n) is 52.5. The molecule has 776 valence electrons. The highest BCUT2D eigenvalue weighted by Gasteiger charge is 2.72. The molecule has 12 nitrogen and oxygen atoms in total. The molecule has 0 N–H and O–H groups in total. The quantitative estimate of drug-likeness (QED) is 0.0609. The lowest BCUT2D eigenvalue weighted by molar-refractivity contribution is -0.191. The molecular formula is C121H220O12. The Morgan fingerprint density at radius 1 is 0.263 bits per heavy atom. The van der Waals surface area contributed by atoms with Crippen molar-refractivity contribution in [2.24, 2.45) is 198 Å². The zero-order valence-electron chi connectivity index (χ0n) is 85.1. The number of carbonyl (C=O) groups excluding carboxylic acids is 6. The highest BCUT2D eigenvalue weighted by Crippen LogP contribution is 2.75. The molecule has 32 atom stereocenters. The maximum atomic E-state index is 12.9. The summed E-state index contributed by atoms with van der Waals surface area (Å²) in [6.45, 7) is 54.6. The maximum absolute atomic E-state index is 12.9. The van der Waals surface area contributed by atoms with Gasteiger partial charge in [0.1, 0.15) is 33.6 Å². The van der Waals surface area contributed by atoms with Gasteiger partial charge in [0, 0.05) is 29.6 Å². The standard InChI is InChI=1S/C21H34O2.C20H32O2.C19H30O2.C19H34O2.C17H28O2.C17H30O2.8CH4/c1-6-20(4,5)19(22)23-21(12(2)3)11-15-10-16(21)18-14-8-7-13(9-14)17(15)18;1-5-19(3,4)18(21)22-20(6-2)11-14-10-15(20)17-13-8-7-12(9-13)16(14)17;1-5-18(2,3)17(20)21-19(4)10-13-9-14(19)16-12-7-6-11(8-12)15(13)16;1-6-18(4,5)17(20)21-19(14(2)3)12-11-15-9-7-8-10-16(15)13-19;1-5-16(2,3)15(18)19-17(4)10-11-9-14(17)13-8-6-7-12(11)13;1-5-16(2,3)15(18)19-17(4)12-8-10-13-9-6-7-11-14(13)17;;;;;;;;/h12-18H,6-11H2,1-5H3;12-17H,5-11H2,1-4H3;11-16H,5-10H2,1-4H3;14-16H,6-13H2,1-5H3;11-14H,5-10H2,1-4H3;13-14H,5-12H2,1-4H3;8*1H4. The summed E-state index contributed by atoms with van der Waals surface area (Å²) >= 11 is 0. The van der Waals surface area contributed by atoms with E-state index in [1.54, 1.807) is 0 Å². The summed E-state index contributed by atoms with van der Waals surface area (Å²) in [4.78, 5) is 75.6. The third kappa shape index (κ3) is 22.0. The molecule has 19 aliphatic rings. The first kappa shape index (κ1) is 119. The lowest BCUT2D eigenvalue weighted by Gasteiger charge is -2.49. The topological polar surface area (TPSA) is 158 Å². The molecule has 0 radical (unpaired) electrons. The van der Waals surface area contributed by atoms with E-state index < -0.39 is 0 Å². The molecule has 19 rings (SSSR count). The van der Waals surface area contributed by atoms with Crippen LogP contribution in [0.15, 0.2) is 0 Å². The molecule has 0 aromatic heterocycles. The van der Waals surface area contributed by atoms with E-state index in [0.29, 0.717) is 41.4 Å². The maximum Gasteiger partial charge on any atom is 0.312 e. The fraction of sp³-hybridized carbons (Fsp3) is 0.950. The number of esters is 6. The zero-order chi connectivity index (χ0) is 90.9. The number of hydrogen-bond acceptors (Lipinski definition) is 12. The minimum atomic E-state index is -0.356. The van der Waals surface area contributed by atoms with E-state index in [-0.39, 0.29) is 161 Å². The highest BCUT2D eigenvalue weighted by molar-refractivity contribution is 5.79. The minimum absolute atomic E-state index is 0. The van der Waals surface area contributed by atoms with Crippen molar-refractivity contribution in [3.63, 3.8) is 0 Å². The Balaban J connectivity index is 0.000000243. The first-order chi connectivity index (χ1) is 58.6. The second kappa shape index (κ2) is 44.4. The number of fused-ring (bicyclic) bond motifs is 34. The van der Waals surface area contributed by atoms with E-state index in [1.807, 2.05) is 83.1 Å². The zero-order valence-corrected chi connectivity index (χ0v) is 85.1. The van der Waals surface area contributed by atoms with Gasteiger partial charge in [0.2, 0.25) is 0 Å².